The largest absolute Gasteiger partial charge is 0.472 e. The molecule has 0 rings (SSSR count). The third kappa shape index (κ3) is 50.1. The summed E-state index contributed by atoms with van der Waals surface area (Å²) < 4.78 is 67.4. The van der Waals surface area contributed by atoms with Gasteiger partial charge in [-0.3, -0.25) is 37.3 Å². The molecule has 444 valence electrons. The Kier molecular flexibility index (Phi) is 47.9. The van der Waals surface area contributed by atoms with E-state index in [0.29, 0.717) is 31.6 Å². The highest BCUT2D eigenvalue weighted by atomic mass is 31.2. The van der Waals surface area contributed by atoms with Crippen LogP contribution >= 0.6 is 15.6 Å². The maximum Gasteiger partial charge on any atom is 0.472 e. The Morgan fingerprint density at radius 2 is 0.680 bits per heavy atom. The van der Waals surface area contributed by atoms with Crippen LogP contribution in [0.5, 0.6) is 0 Å². The van der Waals surface area contributed by atoms with Gasteiger partial charge in [0.05, 0.1) is 26.4 Å². The molecule has 0 aromatic rings. The second-order valence-corrected chi connectivity index (χ2v) is 23.9. The molecular formula is C56H108O17P2. The lowest BCUT2D eigenvalue weighted by molar-refractivity contribution is -0.161. The zero-order valence-electron chi connectivity index (χ0n) is 47.8. The van der Waals surface area contributed by atoms with E-state index in [2.05, 4.69) is 41.5 Å². The van der Waals surface area contributed by atoms with Crippen LogP contribution in [-0.2, 0) is 65.4 Å². The van der Waals surface area contributed by atoms with Gasteiger partial charge < -0.3 is 33.8 Å². The Balaban J connectivity index is 5.19. The summed E-state index contributed by atoms with van der Waals surface area (Å²) in [4.78, 5) is 71.5. The number of aliphatic hydroxyl groups excluding tert-OH is 1. The van der Waals surface area contributed by atoms with Gasteiger partial charge in [0.15, 0.2) is 12.2 Å². The van der Waals surface area contributed by atoms with E-state index < -0.39 is 97.5 Å². The predicted molar refractivity (Wildman–Crippen MR) is 294 cm³/mol. The zero-order chi connectivity index (χ0) is 55.8. The van der Waals surface area contributed by atoms with Gasteiger partial charge in [-0.25, -0.2) is 9.13 Å². The number of rotatable bonds is 55. The molecule has 0 bridgehead atoms. The SMILES string of the molecule is CCCCCCCCCCC(=O)O[C@H](COC(=O)CCCCCCC)COP(=O)(O)OC[C@H](O)COP(=O)(O)OC[C@@H](COC(=O)CCCCCCCCCC(C)C)OC(=O)CCCCCCCCCCC(C)CC. The second kappa shape index (κ2) is 49.1. The van der Waals surface area contributed by atoms with Crippen LogP contribution in [0.25, 0.3) is 0 Å². The van der Waals surface area contributed by atoms with E-state index >= 15 is 0 Å². The van der Waals surface area contributed by atoms with E-state index in [0.717, 1.165) is 115 Å². The zero-order valence-corrected chi connectivity index (χ0v) is 49.6. The summed E-state index contributed by atoms with van der Waals surface area (Å²) in [5, 5.41) is 10.5. The standard InChI is InChI=1S/C56H108O17P2/c1-7-10-12-14-15-21-28-34-40-55(60)72-51(44-66-53(58)38-32-24-13-11-8-2)46-70-74(62,63)68-42-50(57)43-69-75(64,65)71-47-52(45-67-54(59)39-33-27-23-18-19-25-30-36-48(4)5)73-56(61)41-35-29-22-17-16-20-26-31-37-49(6)9-3/h48-52,57H,7-47H2,1-6H3,(H,62,63)(H,64,65)/t49?,50-,51+,52+/m0/s1. The third-order valence-electron chi connectivity index (χ3n) is 13.1. The monoisotopic (exact) mass is 1110 g/mol. The van der Waals surface area contributed by atoms with Gasteiger partial charge in [0.25, 0.3) is 0 Å². The summed E-state index contributed by atoms with van der Waals surface area (Å²) >= 11 is 0. The average Bonchev–Trinajstić information content (AvgIpc) is 3.37. The molecule has 0 aliphatic rings. The van der Waals surface area contributed by atoms with Crippen molar-refractivity contribution in [3.8, 4) is 0 Å². The fraction of sp³-hybridized carbons (Fsp3) is 0.929. The summed E-state index contributed by atoms with van der Waals surface area (Å²) in [5.41, 5.74) is 0. The Hall–Kier alpha value is -1.94. The quantitative estimate of drug-likeness (QED) is 0.0222. The highest BCUT2D eigenvalue weighted by molar-refractivity contribution is 7.47. The molecule has 0 spiro atoms. The normalized spacial score (nSPS) is 14.9. The highest BCUT2D eigenvalue weighted by Crippen LogP contribution is 2.45. The van der Waals surface area contributed by atoms with E-state index in [1.165, 1.54) is 64.2 Å². The summed E-state index contributed by atoms with van der Waals surface area (Å²) in [6.45, 7) is 9.25. The van der Waals surface area contributed by atoms with Crippen LogP contribution in [0.3, 0.4) is 0 Å². The van der Waals surface area contributed by atoms with Crippen LogP contribution in [0.4, 0.5) is 0 Å². The summed E-state index contributed by atoms with van der Waals surface area (Å²) in [6.07, 6.45) is 28.4. The first kappa shape index (κ1) is 73.1. The summed E-state index contributed by atoms with van der Waals surface area (Å²) in [6, 6.07) is 0. The van der Waals surface area contributed by atoms with Crippen molar-refractivity contribution in [3.05, 3.63) is 0 Å². The van der Waals surface area contributed by atoms with Crippen molar-refractivity contribution >= 4 is 39.5 Å². The van der Waals surface area contributed by atoms with Gasteiger partial charge in [0.1, 0.15) is 19.3 Å². The molecule has 0 heterocycles. The Bertz CT molecular complexity index is 1500. The fourth-order valence-electron chi connectivity index (χ4n) is 8.08. The lowest BCUT2D eigenvalue weighted by atomic mass is 9.99. The number of esters is 4. The van der Waals surface area contributed by atoms with Gasteiger partial charge in [-0.15, -0.1) is 0 Å². The van der Waals surface area contributed by atoms with E-state index in [1.807, 2.05) is 0 Å². The average molecular weight is 1120 g/mol. The molecule has 75 heavy (non-hydrogen) atoms. The van der Waals surface area contributed by atoms with Crippen LogP contribution in [0.2, 0.25) is 0 Å². The van der Waals surface area contributed by atoms with Gasteiger partial charge >= 0.3 is 39.5 Å². The number of ether oxygens (including phenoxy) is 4. The number of hydrogen-bond acceptors (Lipinski definition) is 15. The molecule has 0 aliphatic carbocycles. The first-order valence-corrected chi connectivity index (χ1v) is 32.5. The van der Waals surface area contributed by atoms with Gasteiger partial charge in [0, 0.05) is 25.7 Å². The molecule has 19 heteroatoms. The molecule has 0 aromatic heterocycles. The molecule has 0 aliphatic heterocycles. The van der Waals surface area contributed by atoms with Gasteiger partial charge in [-0.1, -0.05) is 215 Å². The molecule has 0 saturated carbocycles. The maximum absolute atomic E-state index is 12.9. The molecule has 6 atom stereocenters. The smallest absolute Gasteiger partial charge is 0.462 e. The van der Waals surface area contributed by atoms with Crippen molar-refractivity contribution in [2.75, 3.05) is 39.6 Å². The number of carbonyl (C=O) groups excluding carboxylic acids is 4. The lowest BCUT2D eigenvalue weighted by Crippen LogP contribution is -2.30. The minimum Gasteiger partial charge on any atom is -0.462 e. The van der Waals surface area contributed by atoms with Crippen molar-refractivity contribution in [3.63, 3.8) is 0 Å². The number of unbranched alkanes of at least 4 members (excludes halogenated alkanes) is 24. The number of aliphatic hydroxyl groups is 1. The molecule has 0 fully saturated rings. The van der Waals surface area contributed by atoms with Crippen molar-refractivity contribution in [1.29, 1.82) is 0 Å². The first-order valence-electron chi connectivity index (χ1n) is 29.5. The summed E-state index contributed by atoms with van der Waals surface area (Å²) in [5.74, 6) is -0.686. The molecule has 3 N–H and O–H groups in total. The summed E-state index contributed by atoms with van der Waals surface area (Å²) in [7, 11) is -9.86. The Labute approximate surface area is 454 Å². The van der Waals surface area contributed by atoms with Crippen LogP contribution < -0.4 is 0 Å². The van der Waals surface area contributed by atoms with E-state index in [1.54, 1.807) is 0 Å². The van der Waals surface area contributed by atoms with Gasteiger partial charge in [0.2, 0.25) is 0 Å². The van der Waals surface area contributed by atoms with Gasteiger partial charge in [-0.05, 0) is 37.5 Å². The van der Waals surface area contributed by atoms with Crippen molar-refractivity contribution in [2.45, 2.75) is 285 Å². The fourth-order valence-corrected chi connectivity index (χ4v) is 9.66. The molecule has 17 nitrogen and oxygen atoms in total. The van der Waals surface area contributed by atoms with Crippen molar-refractivity contribution < 1.29 is 80.2 Å². The number of phosphoric ester groups is 2. The minimum atomic E-state index is -4.93. The molecule has 3 unspecified atom stereocenters. The topological polar surface area (TPSA) is 237 Å². The molecular weight excluding hydrogens is 1010 g/mol. The molecule has 0 saturated heterocycles. The number of phosphoric acid groups is 2. The number of carbonyl (C=O) groups is 4. The number of hydrogen-bond donors (Lipinski definition) is 3. The van der Waals surface area contributed by atoms with Gasteiger partial charge in [-0.2, -0.15) is 0 Å². The third-order valence-corrected chi connectivity index (χ3v) is 15.0. The minimum absolute atomic E-state index is 0.103. The molecule has 0 aromatic carbocycles. The first-order chi connectivity index (χ1) is 35.9. The van der Waals surface area contributed by atoms with Crippen molar-refractivity contribution in [1.82, 2.24) is 0 Å². The van der Waals surface area contributed by atoms with E-state index in [9.17, 15) is 43.2 Å². The lowest BCUT2D eigenvalue weighted by Gasteiger charge is -2.21. The van der Waals surface area contributed by atoms with Crippen LogP contribution in [0.1, 0.15) is 266 Å². The molecule has 0 amide bonds. The Morgan fingerprint density at radius 3 is 1.01 bits per heavy atom. The van der Waals surface area contributed by atoms with E-state index in [4.69, 9.17) is 37.0 Å². The molecule has 0 radical (unpaired) electrons. The Morgan fingerprint density at radius 1 is 0.387 bits per heavy atom. The predicted octanol–water partition coefficient (Wildman–Crippen LogP) is 14.5. The van der Waals surface area contributed by atoms with Crippen LogP contribution in [0.15, 0.2) is 0 Å². The van der Waals surface area contributed by atoms with Crippen molar-refractivity contribution in [2.24, 2.45) is 11.8 Å². The highest BCUT2D eigenvalue weighted by Gasteiger charge is 2.30. The van der Waals surface area contributed by atoms with E-state index in [-0.39, 0.29) is 25.7 Å². The second-order valence-electron chi connectivity index (χ2n) is 21.0. The van der Waals surface area contributed by atoms with Crippen LogP contribution in [0, 0.1) is 11.8 Å². The van der Waals surface area contributed by atoms with Crippen LogP contribution in [-0.4, -0.2) is 96.7 Å². The maximum atomic E-state index is 12.9.